The van der Waals surface area contributed by atoms with Crippen LogP contribution in [0.5, 0.6) is 0 Å². The molecule has 0 aliphatic rings. The standard InChI is InChI=1S/C14H13ClF2N8/c1-7(12-18-3-8(16)4-19-12)21-14-23-11(15)10(17)13(24-14)22-9-5-25(2)6-20-9/h3-7H,1-2H3,(H2,21,22,23,24)/t7-/m1/s1. The van der Waals surface area contributed by atoms with Crippen molar-refractivity contribution in [2.75, 3.05) is 10.6 Å². The lowest BCUT2D eigenvalue weighted by Crippen LogP contribution is -2.14. The van der Waals surface area contributed by atoms with Crippen molar-refractivity contribution in [3.05, 3.63) is 47.5 Å². The van der Waals surface area contributed by atoms with Gasteiger partial charge in [0.1, 0.15) is 11.6 Å². The normalized spacial score (nSPS) is 12.0. The van der Waals surface area contributed by atoms with Crippen molar-refractivity contribution in [2.24, 2.45) is 7.05 Å². The third-order valence-electron chi connectivity index (χ3n) is 3.14. The summed E-state index contributed by atoms with van der Waals surface area (Å²) in [6.45, 7) is 1.72. The van der Waals surface area contributed by atoms with E-state index in [-0.39, 0.29) is 16.9 Å². The molecule has 0 bridgehead atoms. The van der Waals surface area contributed by atoms with Gasteiger partial charge in [0, 0.05) is 13.2 Å². The van der Waals surface area contributed by atoms with E-state index < -0.39 is 17.7 Å². The highest BCUT2D eigenvalue weighted by Crippen LogP contribution is 2.24. The second-order valence-electron chi connectivity index (χ2n) is 5.18. The van der Waals surface area contributed by atoms with Crippen molar-refractivity contribution in [2.45, 2.75) is 13.0 Å². The molecule has 2 N–H and O–H groups in total. The number of halogens is 3. The van der Waals surface area contributed by atoms with Gasteiger partial charge in [-0.3, -0.25) is 0 Å². The summed E-state index contributed by atoms with van der Waals surface area (Å²) in [7, 11) is 1.78. The van der Waals surface area contributed by atoms with Crippen molar-refractivity contribution in [3.63, 3.8) is 0 Å². The predicted molar refractivity (Wildman–Crippen MR) is 87.5 cm³/mol. The van der Waals surface area contributed by atoms with Crippen LogP contribution in [0, 0.1) is 11.6 Å². The number of aryl methyl sites for hydroxylation is 1. The van der Waals surface area contributed by atoms with E-state index in [9.17, 15) is 8.78 Å². The third kappa shape index (κ3) is 3.97. The number of nitrogens with zero attached hydrogens (tertiary/aromatic N) is 6. The molecule has 3 aromatic rings. The van der Waals surface area contributed by atoms with E-state index in [1.54, 1.807) is 31.1 Å². The fraction of sp³-hybridized carbons (Fsp3) is 0.214. The summed E-state index contributed by atoms with van der Waals surface area (Å²) in [6, 6.07) is -0.454. The second kappa shape index (κ2) is 6.93. The second-order valence-corrected chi connectivity index (χ2v) is 5.53. The maximum atomic E-state index is 14.1. The van der Waals surface area contributed by atoms with E-state index in [1.807, 2.05) is 0 Å². The quantitative estimate of drug-likeness (QED) is 0.670. The SMILES string of the molecule is C[C@@H](Nc1nc(Cl)c(F)c(Nc2cn(C)cn2)n1)c1ncc(F)cn1. The number of hydrogen-bond acceptors (Lipinski definition) is 7. The van der Waals surface area contributed by atoms with Gasteiger partial charge in [0.15, 0.2) is 16.8 Å². The molecule has 1 atom stereocenters. The minimum absolute atomic E-state index is 0.0604. The topological polar surface area (TPSA) is 93.4 Å². The fourth-order valence-corrected chi connectivity index (χ4v) is 2.14. The van der Waals surface area contributed by atoms with Crippen molar-refractivity contribution >= 4 is 29.2 Å². The van der Waals surface area contributed by atoms with Gasteiger partial charge in [0.2, 0.25) is 11.8 Å². The van der Waals surface area contributed by atoms with Gasteiger partial charge in [-0.2, -0.15) is 14.4 Å². The van der Waals surface area contributed by atoms with Crippen molar-refractivity contribution in [1.82, 2.24) is 29.5 Å². The highest BCUT2D eigenvalue weighted by molar-refractivity contribution is 6.29. The zero-order chi connectivity index (χ0) is 18.0. The van der Waals surface area contributed by atoms with Gasteiger partial charge < -0.3 is 15.2 Å². The Bertz CT molecular complexity index is 883. The average molecular weight is 367 g/mol. The fourth-order valence-electron chi connectivity index (χ4n) is 1.97. The zero-order valence-electron chi connectivity index (χ0n) is 13.2. The Morgan fingerprint density at radius 2 is 1.88 bits per heavy atom. The molecule has 0 spiro atoms. The number of hydrogen-bond donors (Lipinski definition) is 2. The van der Waals surface area contributed by atoms with Crippen molar-refractivity contribution in [1.29, 1.82) is 0 Å². The van der Waals surface area contributed by atoms with E-state index >= 15 is 0 Å². The Kier molecular flexibility index (Phi) is 4.70. The van der Waals surface area contributed by atoms with Gasteiger partial charge in [-0.1, -0.05) is 11.6 Å². The molecule has 0 aliphatic carbocycles. The summed E-state index contributed by atoms with van der Waals surface area (Å²) >= 11 is 5.83. The van der Waals surface area contributed by atoms with Crippen LogP contribution in [0.25, 0.3) is 0 Å². The van der Waals surface area contributed by atoms with Crippen LogP contribution < -0.4 is 10.6 Å². The summed E-state index contributed by atoms with van der Waals surface area (Å²) in [4.78, 5) is 19.7. The van der Waals surface area contributed by atoms with Crippen molar-refractivity contribution < 1.29 is 8.78 Å². The lowest BCUT2D eigenvalue weighted by molar-refractivity contribution is 0.603. The molecule has 0 saturated heterocycles. The molecule has 25 heavy (non-hydrogen) atoms. The summed E-state index contributed by atoms with van der Waals surface area (Å²) < 4.78 is 28.7. The minimum atomic E-state index is -0.802. The molecule has 130 valence electrons. The van der Waals surface area contributed by atoms with Crippen LogP contribution in [-0.2, 0) is 7.05 Å². The van der Waals surface area contributed by atoms with Gasteiger partial charge >= 0.3 is 0 Å². The number of aromatic nitrogens is 6. The molecule has 3 rings (SSSR count). The molecule has 0 saturated carbocycles. The van der Waals surface area contributed by atoms with E-state index in [4.69, 9.17) is 11.6 Å². The van der Waals surface area contributed by atoms with Gasteiger partial charge in [-0.05, 0) is 6.92 Å². The zero-order valence-corrected chi connectivity index (χ0v) is 14.0. The van der Waals surface area contributed by atoms with Gasteiger partial charge in [0.05, 0.1) is 24.8 Å². The van der Waals surface area contributed by atoms with E-state index in [2.05, 4.69) is 35.6 Å². The highest BCUT2D eigenvalue weighted by Gasteiger charge is 2.17. The Morgan fingerprint density at radius 1 is 1.16 bits per heavy atom. The smallest absolute Gasteiger partial charge is 0.226 e. The molecule has 0 fully saturated rings. The van der Waals surface area contributed by atoms with Crippen LogP contribution in [-0.4, -0.2) is 29.5 Å². The maximum absolute atomic E-state index is 14.1. The molecule has 0 aliphatic heterocycles. The Morgan fingerprint density at radius 3 is 2.52 bits per heavy atom. The first-order valence-corrected chi connectivity index (χ1v) is 7.52. The lowest BCUT2D eigenvalue weighted by atomic mass is 10.3. The van der Waals surface area contributed by atoms with Gasteiger partial charge in [-0.25, -0.2) is 19.3 Å². The summed E-state index contributed by atoms with van der Waals surface area (Å²) in [5, 5.41) is 5.26. The van der Waals surface area contributed by atoms with Gasteiger partial charge in [-0.15, -0.1) is 0 Å². The van der Waals surface area contributed by atoms with Crippen LogP contribution in [0.4, 0.5) is 26.4 Å². The van der Waals surface area contributed by atoms with E-state index in [0.29, 0.717) is 11.6 Å². The molecule has 11 heteroatoms. The number of rotatable bonds is 5. The van der Waals surface area contributed by atoms with Crippen molar-refractivity contribution in [3.8, 4) is 0 Å². The average Bonchev–Trinajstić information content (AvgIpc) is 2.97. The molecule has 3 aromatic heterocycles. The maximum Gasteiger partial charge on any atom is 0.226 e. The first-order valence-electron chi connectivity index (χ1n) is 7.14. The Hall–Kier alpha value is -2.88. The van der Waals surface area contributed by atoms with Crippen LogP contribution in [0.3, 0.4) is 0 Å². The number of imidazole rings is 1. The predicted octanol–water partition coefficient (Wildman–Crippen LogP) is 2.85. The first kappa shape index (κ1) is 17.0. The highest BCUT2D eigenvalue weighted by atomic mass is 35.5. The molecule has 0 aromatic carbocycles. The van der Waals surface area contributed by atoms with Crippen LogP contribution in [0.2, 0.25) is 5.15 Å². The Labute approximate surface area is 146 Å². The summed E-state index contributed by atoms with van der Waals surface area (Å²) in [6.07, 6.45) is 5.30. The summed E-state index contributed by atoms with van der Waals surface area (Å²) in [5.74, 6) is -0.692. The number of anilines is 3. The first-order chi connectivity index (χ1) is 11.9. The molecule has 0 radical (unpaired) electrons. The molecule has 3 heterocycles. The van der Waals surface area contributed by atoms with E-state index in [0.717, 1.165) is 12.4 Å². The van der Waals surface area contributed by atoms with Crippen LogP contribution in [0.1, 0.15) is 18.8 Å². The lowest BCUT2D eigenvalue weighted by Gasteiger charge is -2.14. The van der Waals surface area contributed by atoms with Gasteiger partial charge in [0.25, 0.3) is 0 Å². The van der Waals surface area contributed by atoms with Crippen LogP contribution in [0.15, 0.2) is 24.9 Å². The van der Waals surface area contributed by atoms with E-state index in [1.165, 1.54) is 0 Å². The third-order valence-corrected chi connectivity index (χ3v) is 3.39. The summed E-state index contributed by atoms with van der Waals surface area (Å²) in [5.41, 5.74) is 0. The molecule has 0 unspecified atom stereocenters. The molecule has 8 nitrogen and oxygen atoms in total. The minimum Gasteiger partial charge on any atom is -0.344 e. The van der Waals surface area contributed by atoms with Crippen LogP contribution >= 0.6 is 11.6 Å². The molecular formula is C14H13ClF2N8. The Balaban J connectivity index is 1.82. The molecular weight excluding hydrogens is 354 g/mol. The number of nitrogens with one attached hydrogen (secondary N) is 2. The molecule has 0 amide bonds. The largest absolute Gasteiger partial charge is 0.344 e. The monoisotopic (exact) mass is 366 g/mol.